The van der Waals surface area contributed by atoms with E-state index in [9.17, 15) is 9.59 Å². The Kier molecular flexibility index (Phi) is 9.55. The average Bonchev–Trinajstić information content (AvgIpc) is 3.07. The molecule has 1 heterocycles. The third-order valence-corrected chi connectivity index (χ3v) is 7.99. The number of halogens is 3. The van der Waals surface area contributed by atoms with Crippen LogP contribution in [0.3, 0.4) is 0 Å². The van der Waals surface area contributed by atoms with Gasteiger partial charge in [-0.25, -0.2) is 4.99 Å². The third kappa shape index (κ3) is 7.16. The van der Waals surface area contributed by atoms with Gasteiger partial charge in [0.05, 0.1) is 26.4 Å². The Hall–Kier alpha value is -1.73. The Labute approximate surface area is 226 Å². The molecule has 1 fully saturated rings. The normalized spacial score (nSPS) is 18.0. The van der Waals surface area contributed by atoms with Crippen molar-refractivity contribution in [3.8, 4) is 0 Å². The lowest BCUT2D eigenvalue weighted by molar-refractivity contribution is -0.129. The lowest BCUT2D eigenvalue weighted by Gasteiger charge is -2.25. The van der Waals surface area contributed by atoms with Crippen LogP contribution in [0.4, 0.5) is 11.4 Å². The number of aliphatic imine (C=N–C) groups is 1. The number of carbonyl (C=O) groups is 2. The molecule has 0 bridgehead atoms. The maximum Gasteiger partial charge on any atom is 0.242 e. The second-order valence-electron chi connectivity index (χ2n) is 9.32. The SMILES string of the molecule is Cc1ccc(C)c(N=C2S[C@@H](CC(=O)Nc3cc(Cl)c(Cl)cc3Cl)C(=O)N2[C@@H](C)CCC(C)C)c1. The van der Waals surface area contributed by atoms with Gasteiger partial charge in [0, 0.05) is 12.5 Å². The van der Waals surface area contributed by atoms with Crippen LogP contribution in [-0.4, -0.2) is 33.2 Å². The molecule has 9 heteroatoms. The number of benzene rings is 2. The molecule has 1 aliphatic rings. The molecule has 2 atom stereocenters. The largest absolute Gasteiger partial charge is 0.325 e. The van der Waals surface area contributed by atoms with E-state index in [4.69, 9.17) is 39.8 Å². The number of hydrogen-bond donors (Lipinski definition) is 1. The summed E-state index contributed by atoms with van der Waals surface area (Å²) in [5.41, 5.74) is 3.31. The number of amides is 2. The summed E-state index contributed by atoms with van der Waals surface area (Å²) in [5, 5.41) is 3.66. The van der Waals surface area contributed by atoms with Crippen molar-refractivity contribution >= 4 is 74.9 Å². The second-order valence-corrected chi connectivity index (χ2v) is 11.7. The van der Waals surface area contributed by atoms with Crippen LogP contribution in [0.5, 0.6) is 0 Å². The highest BCUT2D eigenvalue weighted by Crippen LogP contribution is 2.36. The molecule has 2 amide bonds. The number of thioether (sulfide) groups is 1. The van der Waals surface area contributed by atoms with Crippen LogP contribution >= 0.6 is 46.6 Å². The van der Waals surface area contributed by atoms with Gasteiger partial charge in [0.25, 0.3) is 0 Å². The zero-order valence-corrected chi connectivity index (χ0v) is 23.6. The molecule has 5 nitrogen and oxygen atoms in total. The Morgan fingerprint density at radius 2 is 1.74 bits per heavy atom. The summed E-state index contributed by atoms with van der Waals surface area (Å²) in [5.74, 6) is 0.0874. The first kappa shape index (κ1) is 27.9. The molecular weight excluding hydrogens is 525 g/mol. The molecule has 0 aromatic heterocycles. The van der Waals surface area contributed by atoms with Gasteiger partial charge in [0.15, 0.2) is 5.17 Å². The summed E-state index contributed by atoms with van der Waals surface area (Å²) in [6.07, 6.45) is 1.83. The monoisotopic (exact) mass is 553 g/mol. The molecule has 1 N–H and O–H groups in total. The van der Waals surface area contributed by atoms with Gasteiger partial charge in [-0.1, -0.05) is 72.5 Å². The van der Waals surface area contributed by atoms with Crippen molar-refractivity contribution < 1.29 is 9.59 Å². The Morgan fingerprint density at radius 1 is 1.06 bits per heavy atom. The minimum Gasteiger partial charge on any atom is -0.325 e. The van der Waals surface area contributed by atoms with Crippen molar-refractivity contribution in [2.45, 2.75) is 65.2 Å². The van der Waals surface area contributed by atoms with Gasteiger partial charge < -0.3 is 5.32 Å². The highest BCUT2D eigenvalue weighted by molar-refractivity contribution is 8.15. The Bertz CT molecular complexity index is 1150. The lowest BCUT2D eigenvalue weighted by Crippen LogP contribution is -2.40. The van der Waals surface area contributed by atoms with Crippen LogP contribution in [0.1, 0.15) is 51.2 Å². The fourth-order valence-corrected chi connectivity index (χ4v) is 5.57. The predicted octanol–water partition coefficient (Wildman–Crippen LogP) is 8.05. The molecule has 1 aliphatic heterocycles. The van der Waals surface area contributed by atoms with Crippen molar-refractivity contribution in [3.05, 3.63) is 56.5 Å². The van der Waals surface area contributed by atoms with Gasteiger partial charge in [0.2, 0.25) is 11.8 Å². The molecule has 2 aromatic rings. The van der Waals surface area contributed by atoms with E-state index in [1.807, 2.05) is 39.0 Å². The minimum absolute atomic E-state index is 0.0146. The fraction of sp³-hybridized carbons (Fsp3) is 0.423. The number of rotatable bonds is 8. The molecule has 0 radical (unpaired) electrons. The van der Waals surface area contributed by atoms with Crippen molar-refractivity contribution in [1.29, 1.82) is 0 Å². The Morgan fingerprint density at radius 3 is 2.43 bits per heavy atom. The van der Waals surface area contributed by atoms with Crippen LogP contribution < -0.4 is 5.32 Å². The maximum atomic E-state index is 13.5. The lowest BCUT2D eigenvalue weighted by atomic mass is 10.0. The van der Waals surface area contributed by atoms with E-state index in [1.165, 1.54) is 23.9 Å². The first-order chi connectivity index (χ1) is 16.5. The molecule has 3 rings (SSSR count). The molecule has 0 unspecified atom stereocenters. The van der Waals surface area contributed by atoms with E-state index in [0.717, 1.165) is 29.7 Å². The summed E-state index contributed by atoms with van der Waals surface area (Å²) >= 11 is 19.6. The highest BCUT2D eigenvalue weighted by atomic mass is 35.5. The molecular formula is C26H30Cl3N3O2S. The van der Waals surface area contributed by atoms with Crippen LogP contribution in [0.2, 0.25) is 15.1 Å². The second kappa shape index (κ2) is 12.0. The standard InChI is InChI=1S/C26H30Cl3N3O2S/c1-14(2)6-9-17(5)32-25(34)23(35-26(32)31-21-10-15(3)7-8-16(21)4)13-24(33)30-22-12-19(28)18(27)11-20(22)29/h7-8,10-12,14,17,23H,6,9,13H2,1-5H3,(H,30,33)/t17-,23-/m0/s1. The van der Waals surface area contributed by atoms with Crippen LogP contribution in [0, 0.1) is 19.8 Å². The van der Waals surface area contributed by atoms with E-state index in [2.05, 4.69) is 19.2 Å². The molecule has 2 aromatic carbocycles. The maximum absolute atomic E-state index is 13.5. The van der Waals surface area contributed by atoms with Crippen molar-refractivity contribution in [2.75, 3.05) is 5.32 Å². The number of aryl methyl sites for hydroxylation is 2. The zero-order chi connectivity index (χ0) is 25.9. The molecule has 35 heavy (non-hydrogen) atoms. The van der Waals surface area contributed by atoms with E-state index < -0.39 is 5.25 Å². The smallest absolute Gasteiger partial charge is 0.242 e. The van der Waals surface area contributed by atoms with Gasteiger partial charge in [0.1, 0.15) is 5.25 Å². The number of nitrogens with one attached hydrogen (secondary N) is 1. The summed E-state index contributed by atoms with van der Waals surface area (Å²) < 4.78 is 0. The third-order valence-electron chi connectivity index (χ3n) is 5.80. The molecule has 0 aliphatic carbocycles. The molecule has 188 valence electrons. The van der Waals surface area contributed by atoms with Gasteiger partial charge in [-0.15, -0.1) is 0 Å². The summed E-state index contributed by atoms with van der Waals surface area (Å²) in [4.78, 5) is 33.0. The fourth-order valence-electron chi connectivity index (χ4n) is 3.73. The molecule has 1 saturated heterocycles. The molecule has 0 saturated carbocycles. The van der Waals surface area contributed by atoms with Crippen molar-refractivity contribution in [3.63, 3.8) is 0 Å². The highest BCUT2D eigenvalue weighted by Gasteiger charge is 2.41. The topological polar surface area (TPSA) is 61.8 Å². The first-order valence-electron chi connectivity index (χ1n) is 11.6. The number of hydrogen-bond acceptors (Lipinski definition) is 4. The van der Waals surface area contributed by atoms with E-state index in [0.29, 0.717) is 21.8 Å². The summed E-state index contributed by atoms with van der Waals surface area (Å²) in [6.45, 7) is 10.4. The zero-order valence-electron chi connectivity index (χ0n) is 20.5. The van der Waals surface area contributed by atoms with Crippen LogP contribution in [-0.2, 0) is 9.59 Å². The van der Waals surface area contributed by atoms with Gasteiger partial charge in [-0.05, 0) is 68.9 Å². The Balaban J connectivity index is 1.84. The average molecular weight is 555 g/mol. The van der Waals surface area contributed by atoms with Crippen molar-refractivity contribution in [1.82, 2.24) is 4.90 Å². The first-order valence-corrected chi connectivity index (χ1v) is 13.6. The molecule has 0 spiro atoms. The predicted molar refractivity (Wildman–Crippen MR) is 149 cm³/mol. The number of amidine groups is 1. The number of anilines is 1. The summed E-state index contributed by atoms with van der Waals surface area (Å²) in [7, 11) is 0. The van der Waals surface area contributed by atoms with E-state index >= 15 is 0 Å². The van der Waals surface area contributed by atoms with E-state index in [-0.39, 0.29) is 34.3 Å². The van der Waals surface area contributed by atoms with Crippen LogP contribution in [0.15, 0.2) is 35.3 Å². The summed E-state index contributed by atoms with van der Waals surface area (Å²) in [6, 6.07) is 9.02. The van der Waals surface area contributed by atoms with Gasteiger partial charge >= 0.3 is 0 Å². The van der Waals surface area contributed by atoms with E-state index in [1.54, 1.807) is 4.90 Å². The minimum atomic E-state index is -0.582. The van der Waals surface area contributed by atoms with Gasteiger partial charge in [-0.3, -0.25) is 14.5 Å². The van der Waals surface area contributed by atoms with Gasteiger partial charge in [-0.2, -0.15) is 0 Å². The van der Waals surface area contributed by atoms with Crippen molar-refractivity contribution in [2.24, 2.45) is 10.9 Å². The van der Waals surface area contributed by atoms with Crippen LogP contribution in [0.25, 0.3) is 0 Å². The number of carbonyl (C=O) groups excluding carboxylic acids is 2. The number of nitrogens with zero attached hydrogens (tertiary/aromatic N) is 2. The quantitative estimate of drug-likeness (QED) is 0.336.